The van der Waals surface area contributed by atoms with Crippen molar-refractivity contribution in [3.05, 3.63) is 29.3 Å². The number of nitrogens with one attached hydrogen (secondary N) is 1. The van der Waals surface area contributed by atoms with Gasteiger partial charge in [-0.1, -0.05) is 6.92 Å². The molecule has 0 bridgehead atoms. The van der Waals surface area contributed by atoms with Crippen LogP contribution in [0.4, 0.5) is 5.69 Å². The zero-order chi connectivity index (χ0) is 13.8. The van der Waals surface area contributed by atoms with Crippen LogP contribution in [-0.4, -0.2) is 36.6 Å². The van der Waals surface area contributed by atoms with Gasteiger partial charge in [-0.3, -0.25) is 4.79 Å². The Morgan fingerprint density at radius 1 is 1.42 bits per heavy atom. The highest BCUT2D eigenvalue weighted by molar-refractivity contribution is 5.89. The number of carboxylic acid groups (broad SMARTS) is 1. The summed E-state index contributed by atoms with van der Waals surface area (Å²) in [4.78, 5) is 24.6. The van der Waals surface area contributed by atoms with Crippen LogP contribution in [0.2, 0.25) is 0 Å². The number of anilines is 1. The van der Waals surface area contributed by atoms with E-state index in [1.807, 2.05) is 11.8 Å². The Morgan fingerprint density at radius 3 is 2.89 bits per heavy atom. The van der Waals surface area contributed by atoms with Crippen molar-refractivity contribution >= 4 is 17.6 Å². The molecule has 102 valence electrons. The molecule has 0 saturated heterocycles. The van der Waals surface area contributed by atoms with Gasteiger partial charge in [-0.2, -0.15) is 0 Å². The van der Waals surface area contributed by atoms with Gasteiger partial charge >= 0.3 is 5.97 Å². The van der Waals surface area contributed by atoms with Gasteiger partial charge < -0.3 is 15.3 Å². The van der Waals surface area contributed by atoms with Crippen LogP contribution in [0.25, 0.3) is 0 Å². The predicted octanol–water partition coefficient (Wildman–Crippen LogP) is 1.27. The summed E-state index contributed by atoms with van der Waals surface area (Å²) in [5.74, 6) is -0.904. The van der Waals surface area contributed by atoms with E-state index in [4.69, 9.17) is 5.11 Å². The topological polar surface area (TPSA) is 69.6 Å². The van der Waals surface area contributed by atoms with Gasteiger partial charge in [-0.05, 0) is 36.6 Å². The molecule has 2 rings (SSSR count). The lowest BCUT2D eigenvalue weighted by Gasteiger charge is -2.18. The van der Waals surface area contributed by atoms with Crippen LogP contribution >= 0.6 is 0 Å². The summed E-state index contributed by atoms with van der Waals surface area (Å²) in [6.45, 7) is 3.80. The molecule has 1 amide bonds. The summed E-state index contributed by atoms with van der Waals surface area (Å²) < 4.78 is 0. The van der Waals surface area contributed by atoms with Crippen LogP contribution < -0.4 is 10.2 Å². The zero-order valence-corrected chi connectivity index (χ0v) is 11.0. The standard InChI is InChI=1S/C14H18N2O3/c1-2-6-15-13(17)9-16-7-5-10-8-11(14(18)19)3-4-12(10)16/h3-4,8H,2,5-7,9H2,1H3,(H,15,17)(H,18,19). The van der Waals surface area contributed by atoms with E-state index in [1.54, 1.807) is 18.2 Å². The number of aromatic carboxylic acids is 1. The van der Waals surface area contributed by atoms with E-state index in [9.17, 15) is 9.59 Å². The van der Waals surface area contributed by atoms with Gasteiger partial charge in [0, 0.05) is 18.8 Å². The van der Waals surface area contributed by atoms with E-state index in [0.29, 0.717) is 18.7 Å². The molecule has 0 unspecified atom stereocenters. The minimum absolute atomic E-state index is 0.0111. The molecule has 0 saturated carbocycles. The van der Waals surface area contributed by atoms with Gasteiger partial charge in [0.2, 0.25) is 5.91 Å². The average molecular weight is 262 g/mol. The molecule has 1 aromatic rings. The van der Waals surface area contributed by atoms with E-state index < -0.39 is 5.97 Å². The number of rotatable bonds is 5. The molecule has 0 aromatic heterocycles. The molecule has 1 aromatic carbocycles. The van der Waals surface area contributed by atoms with Crippen LogP contribution in [0.5, 0.6) is 0 Å². The van der Waals surface area contributed by atoms with Crippen molar-refractivity contribution in [1.29, 1.82) is 0 Å². The van der Waals surface area contributed by atoms with Crippen LogP contribution in [0.15, 0.2) is 18.2 Å². The molecule has 0 radical (unpaired) electrons. The monoisotopic (exact) mass is 262 g/mol. The number of nitrogens with zero attached hydrogens (tertiary/aromatic N) is 1. The maximum absolute atomic E-state index is 11.7. The molecule has 2 N–H and O–H groups in total. The van der Waals surface area contributed by atoms with Crippen molar-refractivity contribution in [2.24, 2.45) is 0 Å². The second-order valence-electron chi connectivity index (χ2n) is 4.67. The Labute approximate surface area is 112 Å². The summed E-state index contributed by atoms with van der Waals surface area (Å²) in [6, 6.07) is 5.07. The van der Waals surface area contributed by atoms with Crippen molar-refractivity contribution in [2.75, 3.05) is 24.5 Å². The second kappa shape index (κ2) is 5.73. The lowest BCUT2D eigenvalue weighted by molar-refractivity contribution is -0.119. The number of carboxylic acids is 1. The average Bonchev–Trinajstić information content (AvgIpc) is 2.78. The largest absolute Gasteiger partial charge is 0.478 e. The molecule has 1 heterocycles. The highest BCUT2D eigenvalue weighted by Crippen LogP contribution is 2.28. The van der Waals surface area contributed by atoms with Crippen molar-refractivity contribution in [3.63, 3.8) is 0 Å². The summed E-state index contributed by atoms with van der Waals surface area (Å²) in [7, 11) is 0. The molecule has 0 aliphatic carbocycles. The van der Waals surface area contributed by atoms with Crippen molar-refractivity contribution in [3.8, 4) is 0 Å². The van der Waals surface area contributed by atoms with Gasteiger partial charge in [-0.25, -0.2) is 4.79 Å². The van der Waals surface area contributed by atoms with Gasteiger partial charge in [0.1, 0.15) is 0 Å². The third-order valence-corrected chi connectivity index (χ3v) is 3.22. The third-order valence-electron chi connectivity index (χ3n) is 3.22. The fourth-order valence-corrected chi connectivity index (χ4v) is 2.26. The predicted molar refractivity (Wildman–Crippen MR) is 72.6 cm³/mol. The van der Waals surface area contributed by atoms with Gasteiger partial charge in [0.25, 0.3) is 0 Å². The number of carbonyl (C=O) groups is 2. The maximum atomic E-state index is 11.7. The Hall–Kier alpha value is -2.04. The molecule has 0 atom stereocenters. The highest BCUT2D eigenvalue weighted by atomic mass is 16.4. The molecule has 19 heavy (non-hydrogen) atoms. The summed E-state index contributed by atoms with van der Waals surface area (Å²) in [5.41, 5.74) is 2.27. The van der Waals surface area contributed by atoms with Gasteiger partial charge in [0.05, 0.1) is 12.1 Å². The first kappa shape index (κ1) is 13.4. The van der Waals surface area contributed by atoms with Crippen LogP contribution in [0.3, 0.4) is 0 Å². The Morgan fingerprint density at radius 2 is 2.21 bits per heavy atom. The van der Waals surface area contributed by atoms with Crippen LogP contribution in [0, 0.1) is 0 Å². The molecule has 5 nitrogen and oxygen atoms in total. The molecule has 0 fully saturated rings. The Kier molecular flexibility index (Phi) is 4.04. The van der Waals surface area contributed by atoms with E-state index in [2.05, 4.69) is 5.32 Å². The first-order chi connectivity index (χ1) is 9.11. The lowest BCUT2D eigenvalue weighted by Crippen LogP contribution is -2.36. The highest BCUT2D eigenvalue weighted by Gasteiger charge is 2.22. The van der Waals surface area contributed by atoms with Crippen molar-refractivity contribution in [1.82, 2.24) is 5.32 Å². The number of amides is 1. The van der Waals surface area contributed by atoms with Crippen molar-refractivity contribution in [2.45, 2.75) is 19.8 Å². The van der Waals surface area contributed by atoms with Gasteiger partial charge in [0.15, 0.2) is 0 Å². The number of benzene rings is 1. The summed E-state index contributed by atoms with van der Waals surface area (Å²) in [5, 5.41) is 11.8. The maximum Gasteiger partial charge on any atom is 0.335 e. The van der Waals surface area contributed by atoms with Gasteiger partial charge in [-0.15, -0.1) is 0 Å². The third kappa shape index (κ3) is 3.05. The van der Waals surface area contributed by atoms with E-state index in [-0.39, 0.29) is 5.91 Å². The number of hydrogen-bond donors (Lipinski definition) is 2. The molecule has 5 heteroatoms. The summed E-state index contributed by atoms with van der Waals surface area (Å²) >= 11 is 0. The smallest absolute Gasteiger partial charge is 0.335 e. The van der Waals surface area contributed by atoms with E-state index in [1.165, 1.54) is 0 Å². The Bertz CT molecular complexity index is 499. The molecule has 1 aliphatic rings. The number of fused-ring (bicyclic) bond motifs is 1. The first-order valence-electron chi connectivity index (χ1n) is 6.49. The Balaban J connectivity index is 2.06. The number of carbonyl (C=O) groups excluding carboxylic acids is 1. The van der Waals surface area contributed by atoms with E-state index >= 15 is 0 Å². The number of hydrogen-bond acceptors (Lipinski definition) is 3. The fourth-order valence-electron chi connectivity index (χ4n) is 2.26. The molecule has 0 spiro atoms. The quantitative estimate of drug-likeness (QED) is 0.838. The van der Waals surface area contributed by atoms with Crippen LogP contribution in [0.1, 0.15) is 29.3 Å². The lowest BCUT2D eigenvalue weighted by atomic mass is 10.1. The van der Waals surface area contributed by atoms with E-state index in [0.717, 1.165) is 30.6 Å². The van der Waals surface area contributed by atoms with Crippen molar-refractivity contribution < 1.29 is 14.7 Å². The van der Waals surface area contributed by atoms with Crippen LogP contribution in [-0.2, 0) is 11.2 Å². The zero-order valence-electron chi connectivity index (χ0n) is 11.0. The normalized spacial score (nSPS) is 13.2. The minimum Gasteiger partial charge on any atom is -0.478 e. The fraction of sp³-hybridized carbons (Fsp3) is 0.429. The first-order valence-corrected chi connectivity index (χ1v) is 6.49. The molecular weight excluding hydrogens is 244 g/mol. The SMILES string of the molecule is CCCNC(=O)CN1CCc2cc(C(=O)O)ccc21. The minimum atomic E-state index is -0.915. The molecular formula is C14H18N2O3. The molecule has 1 aliphatic heterocycles. The summed E-state index contributed by atoms with van der Waals surface area (Å²) in [6.07, 6.45) is 1.71. The second-order valence-corrected chi connectivity index (χ2v) is 4.67.